The average Bonchev–Trinajstić information content (AvgIpc) is 3.07. The van der Waals surface area contributed by atoms with Gasteiger partial charge in [0.15, 0.2) is 0 Å². The summed E-state index contributed by atoms with van der Waals surface area (Å²) in [6, 6.07) is 18.3. The summed E-state index contributed by atoms with van der Waals surface area (Å²) in [4.78, 5) is 36.0. The highest BCUT2D eigenvalue weighted by Crippen LogP contribution is 2.39. The Kier molecular flexibility index (Phi) is 6.22. The fraction of sp³-hybridized carbons (Fsp3) is 0.0769. The van der Waals surface area contributed by atoms with Crippen LogP contribution in [0, 0.1) is 0 Å². The average molecular weight is 519 g/mol. The molecule has 0 aliphatic carbocycles. The van der Waals surface area contributed by atoms with Crippen molar-refractivity contribution in [2.24, 2.45) is 0 Å². The normalized spacial score (nSPS) is 13.4. The lowest BCUT2D eigenvalue weighted by molar-refractivity contribution is 0.0992. The van der Waals surface area contributed by atoms with Gasteiger partial charge in [-0.3, -0.25) is 9.59 Å². The predicted octanol–water partition coefficient (Wildman–Crippen LogP) is 6.14. The number of hydrogen-bond donors (Lipinski definition) is 2. The second-order valence-electron chi connectivity index (χ2n) is 8.11. The number of benzene rings is 2. The van der Waals surface area contributed by atoms with E-state index in [1.165, 1.54) is 6.20 Å². The molecule has 0 saturated heterocycles. The molecule has 0 fully saturated rings. The van der Waals surface area contributed by atoms with E-state index in [2.05, 4.69) is 20.6 Å². The van der Waals surface area contributed by atoms with Gasteiger partial charge in [0, 0.05) is 26.2 Å². The quantitative estimate of drug-likeness (QED) is 0.272. The molecule has 8 nitrogen and oxygen atoms in total. The minimum Gasteiger partial charge on any atom is -0.353 e. The van der Waals surface area contributed by atoms with E-state index in [9.17, 15) is 9.59 Å². The van der Waals surface area contributed by atoms with Crippen molar-refractivity contribution in [1.29, 1.82) is 0 Å². The zero-order valence-corrected chi connectivity index (χ0v) is 20.8. The van der Waals surface area contributed by atoms with Crippen molar-refractivity contribution in [2.75, 3.05) is 34.5 Å². The molecule has 0 saturated carbocycles. The lowest BCUT2D eigenvalue weighted by Crippen LogP contribution is -2.25. The third-order valence-electron chi connectivity index (χ3n) is 5.91. The molecule has 6 rings (SSSR count). The standard InChI is InChI=1S/C14H12ClN3O.C12H8ClN3O/c1-17-10-6-4-3-5-9(10)14(19)18(2)12-8-16-13(15)7-11(12)17;13-11-5-9-10(6-14-11)16-12(17)7-3-1-2-4-8(7)15-9/h3-8H,1-2H3;1-6,15H,(H,16,17). The van der Waals surface area contributed by atoms with Gasteiger partial charge < -0.3 is 20.4 Å². The molecule has 2 aromatic carbocycles. The Morgan fingerprint density at radius 1 is 0.667 bits per heavy atom. The second-order valence-corrected chi connectivity index (χ2v) is 8.89. The third kappa shape index (κ3) is 4.32. The third-order valence-corrected chi connectivity index (χ3v) is 6.32. The zero-order chi connectivity index (χ0) is 25.4. The number of carbonyl (C=O) groups excluding carboxylic acids is 2. The molecule has 2 aliphatic heterocycles. The number of carbonyl (C=O) groups is 2. The molecule has 36 heavy (non-hydrogen) atoms. The topological polar surface area (TPSA) is 90.5 Å². The monoisotopic (exact) mass is 518 g/mol. The van der Waals surface area contributed by atoms with Crippen LogP contribution in [0.15, 0.2) is 73.1 Å². The Morgan fingerprint density at radius 2 is 1.33 bits per heavy atom. The number of para-hydroxylation sites is 2. The molecule has 2 aromatic heterocycles. The first kappa shape index (κ1) is 23.6. The maximum atomic E-state index is 12.5. The van der Waals surface area contributed by atoms with E-state index in [-0.39, 0.29) is 11.8 Å². The van der Waals surface area contributed by atoms with Crippen molar-refractivity contribution in [3.8, 4) is 0 Å². The van der Waals surface area contributed by atoms with Gasteiger partial charge in [-0.05, 0) is 24.3 Å². The number of halogens is 2. The van der Waals surface area contributed by atoms with E-state index >= 15 is 0 Å². The molecule has 0 bridgehead atoms. The first-order valence-corrected chi connectivity index (χ1v) is 11.7. The van der Waals surface area contributed by atoms with Crippen LogP contribution in [-0.2, 0) is 0 Å². The van der Waals surface area contributed by atoms with Crippen LogP contribution in [0.1, 0.15) is 20.7 Å². The Labute approximate surface area is 217 Å². The number of nitrogens with zero attached hydrogens (tertiary/aromatic N) is 4. The lowest BCUT2D eigenvalue weighted by Gasteiger charge is -2.21. The number of aromatic nitrogens is 2. The smallest absolute Gasteiger partial charge is 0.260 e. The predicted molar refractivity (Wildman–Crippen MR) is 143 cm³/mol. The highest BCUT2D eigenvalue weighted by Gasteiger charge is 2.27. The summed E-state index contributed by atoms with van der Waals surface area (Å²) in [5.41, 5.74) is 5.85. The number of anilines is 6. The van der Waals surface area contributed by atoms with Crippen LogP contribution < -0.4 is 20.4 Å². The summed E-state index contributed by atoms with van der Waals surface area (Å²) in [7, 11) is 3.66. The number of amides is 2. The molecular weight excluding hydrogens is 499 g/mol. The number of pyridine rings is 2. The van der Waals surface area contributed by atoms with Crippen LogP contribution in [-0.4, -0.2) is 35.9 Å². The molecule has 4 heterocycles. The van der Waals surface area contributed by atoms with E-state index in [0.29, 0.717) is 27.1 Å². The Balaban J connectivity index is 0.000000149. The van der Waals surface area contributed by atoms with Crippen molar-refractivity contribution in [2.45, 2.75) is 0 Å². The second kappa shape index (κ2) is 9.49. The molecule has 0 spiro atoms. The summed E-state index contributed by atoms with van der Waals surface area (Å²) in [5.74, 6) is -0.207. The van der Waals surface area contributed by atoms with E-state index in [4.69, 9.17) is 23.2 Å². The maximum Gasteiger partial charge on any atom is 0.260 e. The maximum absolute atomic E-state index is 12.5. The first-order valence-electron chi connectivity index (χ1n) is 10.9. The number of rotatable bonds is 0. The van der Waals surface area contributed by atoms with Crippen LogP contribution >= 0.6 is 23.2 Å². The van der Waals surface area contributed by atoms with E-state index in [1.807, 2.05) is 54.4 Å². The van der Waals surface area contributed by atoms with E-state index < -0.39 is 0 Å². The molecule has 4 aromatic rings. The van der Waals surface area contributed by atoms with Crippen molar-refractivity contribution in [1.82, 2.24) is 9.97 Å². The van der Waals surface area contributed by atoms with Crippen LogP contribution in [0.3, 0.4) is 0 Å². The first-order chi connectivity index (χ1) is 17.3. The molecule has 0 unspecified atom stereocenters. The molecular formula is C26H20Cl2N6O2. The summed E-state index contributed by atoms with van der Waals surface area (Å²) in [5, 5.41) is 6.74. The van der Waals surface area contributed by atoms with E-state index in [1.54, 1.807) is 36.3 Å². The van der Waals surface area contributed by atoms with Gasteiger partial charge >= 0.3 is 0 Å². The molecule has 2 N–H and O–H groups in total. The van der Waals surface area contributed by atoms with Gasteiger partial charge in [-0.2, -0.15) is 0 Å². The summed E-state index contributed by atoms with van der Waals surface area (Å²) >= 11 is 11.8. The van der Waals surface area contributed by atoms with Crippen molar-refractivity contribution in [3.05, 3.63) is 94.5 Å². The summed E-state index contributed by atoms with van der Waals surface area (Å²) < 4.78 is 0. The van der Waals surface area contributed by atoms with Crippen LogP contribution in [0.5, 0.6) is 0 Å². The van der Waals surface area contributed by atoms with Gasteiger partial charge in [-0.1, -0.05) is 47.5 Å². The van der Waals surface area contributed by atoms with Gasteiger partial charge in [-0.25, -0.2) is 9.97 Å². The molecule has 2 amide bonds. The molecule has 0 atom stereocenters. The number of nitrogens with one attached hydrogen (secondary N) is 2. The van der Waals surface area contributed by atoms with Gasteiger partial charge in [0.2, 0.25) is 0 Å². The molecule has 2 aliphatic rings. The minimum atomic E-state index is -0.157. The Bertz CT molecular complexity index is 1510. The van der Waals surface area contributed by atoms with Gasteiger partial charge in [0.25, 0.3) is 11.8 Å². The van der Waals surface area contributed by atoms with Crippen LogP contribution in [0.25, 0.3) is 0 Å². The molecule has 0 radical (unpaired) electrons. The lowest BCUT2D eigenvalue weighted by atomic mass is 10.1. The SMILES string of the molecule is CN1C(=O)c2ccccc2N(C)c2cc(Cl)ncc21.O=C1Nc2cnc(Cl)cc2Nc2ccccc21. The van der Waals surface area contributed by atoms with Crippen molar-refractivity contribution in [3.63, 3.8) is 0 Å². The molecule has 180 valence electrons. The van der Waals surface area contributed by atoms with Crippen molar-refractivity contribution >= 4 is 69.1 Å². The summed E-state index contributed by atoms with van der Waals surface area (Å²) in [6.07, 6.45) is 3.16. The highest BCUT2D eigenvalue weighted by atomic mass is 35.5. The van der Waals surface area contributed by atoms with Gasteiger partial charge in [0.05, 0.1) is 57.6 Å². The van der Waals surface area contributed by atoms with Gasteiger partial charge in [0.1, 0.15) is 10.3 Å². The molecule has 10 heteroatoms. The summed E-state index contributed by atoms with van der Waals surface area (Å²) in [6.45, 7) is 0. The Morgan fingerprint density at radius 3 is 2.14 bits per heavy atom. The van der Waals surface area contributed by atoms with E-state index in [0.717, 1.165) is 28.4 Å². The van der Waals surface area contributed by atoms with Gasteiger partial charge in [-0.15, -0.1) is 0 Å². The van der Waals surface area contributed by atoms with Crippen molar-refractivity contribution < 1.29 is 9.59 Å². The van der Waals surface area contributed by atoms with Crippen LogP contribution in [0.2, 0.25) is 10.3 Å². The minimum absolute atomic E-state index is 0.0506. The fourth-order valence-corrected chi connectivity index (χ4v) is 4.37. The largest absolute Gasteiger partial charge is 0.353 e. The number of fused-ring (bicyclic) bond motifs is 4. The number of hydrogen-bond acceptors (Lipinski definition) is 6. The Hall–Kier alpha value is -4.14. The fourth-order valence-electron chi connectivity index (χ4n) is 4.06. The highest BCUT2D eigenvalue weighted by molar-refractivity contribution is 6.30. The zero-order valence-electron chi connectivity index (χ0n) is 19.3. The van der Waals surface area contributed by atoms with Crippen LogP contribution in [0.4, 0.5) is 34.1 Å².